The minimum atomic E-state index is -0.159. The Morgan fingerprint density at radius 3 is 1.73 bits per heavy atom. The van der Waals surface area contributed by atoms with Crippen molar-refractivity contribution in [3.8, 4) is 33.4 Å². The molecule has 0 amide bonds. The molecule has 9 aromatic rings. The van der Waals surface area contributed by atoms with Crippen LogP contribution in [0.15, 0.2) is 157 Å². The smallest absolute Gasteiger partial charge is 0.0647 e. The molecule has 0 radical (unpaired) electrons. The van der Waals surface area contributed by atoms with Gasteiger partial charge in [0.05, 0.1) is 5.69 Å². The van der Waals surface area contributed by atoms with Crippen molar-refractivity contribution < 1.29 is 0 Å². The highest BCUT2D eigenvalue weighted by molar-refractivity contribution is 7.17. The molecule has 3 heteroatoms. The summed E-state index contributed by atoms with van der Waals surface area (Å²) in [5.41, 5.74) is 23.6. The highest BCUT2D eigenvalue weighted by Gasteiger charge is 2.41. The molecule has 1 aromatic heterocycles. The lowest BCUT2D eigenvalue weighted by atomic mass is 9.62. The Labute approximate surface area is 426 Å². The predicted octanol–water partition coefficient (Wildman–Crippen LogP) is 19.9. The van der Waals surface area contributed by atoms with E-state index in [2.05, 4.69) is 243 Å². The van der Waals surface area contributed by atoms with Gasteiger partial charge in [-0.3, -0.25) is 0 Å². The highest BCUT2D eigenvalue weighted by atomic mass is 32.1. The van der Waals surface area contributed by atoms with Gasteiger partial charge in [0, 0.05) is 49.2 Å². The van der Waals surface area contributed by atoms with Gasteiger partial charge in [0.25, 0.3) is 0 Å². The molecule has 0 unspecified atom stereocenters. The van der Waals surface area contributed by atoms with E-state index in [0.29, 0.717) is 0 Å². The molecule has 0 bridgehead atoms. The Hall–Kier alpha value is -6.42. The topological polar surface area (TPSA) is 15.3 Å². The first-order valence-corrected chi connectivity index (χ1v) is 26.9. The van der Waals surface area contributed by atoms with E-state index >= 15 is 0 Å². The average molecular weight is 945 g/mol. The third-order valence-corrected chi connectivity index (χ3v) is 18.5. The van der Waals surface area contributed by atoms with Gasteiger partial charge in [-0.1, -0.05) is 166 Å². The summed E-state index contributed by atoms with van der Waals surface area (Å²) < 4.78 is 1.36. The van der Waals surface area contributed by atoms with Crippen molar-refractivity contribution in [3.63, 3.8) is 0 Å². The minimum absolute atomic E-state index is 0.0489. The average Bonchev–Trinajstić information content (AvgIpc) is 3.86. The van der Waals surface area contributed by atoms with Crippen molar-refractivity contribution >= 4 is 60.6 Å². The molecule has 356 valence electrons. The number of aryl methyl sites for hydroxylation is 1. The largest absolute Gasteiger partial charge is 0.355 e. The Balaban J connectivity index is 1.12. The normalized spacial score (nSPS) is 17.6. The number of thiophene rings is 1. The second-order valence-electron chi connectivity index (χ2n) is 24.5. The number of benzene rings is 8. The van der Waals surface area contributed by atoms with Gasteiger partial charge in [-0.05, 0) is 186 Å². The molecule has 1 N–H and O–H groups in total. The summed E-state index contributed by atoms with van der Waals surface area (Å²) in [5.74, 6) is 0. The first kappa shape index (κ1) is 45.7. The Morgan fingerprint density at radius 2 is 1.03 bits per heavy atom. The zero-order valence-electron chi connectivity index (χ0n) is 43.7. The molecule has 71 heavy (non-hydrogen) atoms. The molecule has 8 aromatic carbocycles. The molecule has 0 saturated heterocycles. The number of anilines is 5. The molecule has 1 heterocycles. The standard InChI is InChI=1S/C68H68N2S/c1-42-33-56-58(66(6,7)31-29-64(56,2)3)39-61(42)70(62-41-71-63-40-59-57(37-53(62)63)65(4,5)30-32-67(59,8)9)47-34-45-21-15-16-22-48(45)50(35-47)52-36-51-49-23-17-18-24-54(49)68(10,11)55(51)38-60(52)69-46-27-25-44(26-28-46)43-19-13-12-14-20-43/h12-28,33-41,69H,29-32H2,1-11H3. The number of hydrogen-bond acceptors (Lipinski definition) is 3. The van der Waals surface area contributed by atoms with Crippen molar-refractivity contribution in [2.24, 2.45) is 0 Å². The fourth-order valence-electron chi connectivity index (χ4n) is 12.9. The van der Waals surface area contributed by atoms with Gasteiger partial charge in [-0.15, -0.1) is 11.3 Å². The maximum absolute atomic E-state index is 4.03. The molecule has 0 saturated carbocycles. The molecule has 0 aliphatic heterocycles. The van der Waals surface area contributed by atoms with E-state index < -0.39 is 0 Å². The van der Waals surface area contributed by atoms with E-state index in [9.17, 15) is 0 Å². The van der Waals surface area contributed by atoms with Crippen LogP contribution in [0, 0.1) is 6.92 Å². The predicted molar refractivity (Wildman–Crippen MR) is 307 cm³/mol. The van der Waals surface area contributed by atoms with Crippen LogP contribution in [0.1, 0.15) is 134 Å². The van der Waals surface area contributed by atoms with Crippen LogP contribution in [-0.2, 0) is 27.1 Å². The molecule has 0 spiro atoms. The molecule has 12 rings (SSSR count). The second kappa shape index (κ2) is 16.0. The lowest BCUT2D eigenvalue weighted by Crippen LogP contribution is -2.34. The Morgan fingerprint density at radius 1 is 0.437 bits per heavy atom. The number of nitrogens with zero attached hydrogens (tertiary/aromatic N) is 1. The lowest BCUT2D eigenvalue weighted by Gasteiger charge is -2.43. The second-order valence-corrected chi connectivity index (χ2v) is 25.4. The fraction of sp³-hybridized carbons (Fsp3) is 0.294. The van der Waals surface area contributed by atoms with Crippen molar-refractivity contribution in [3.05, 3.63) is 196 Å². The lowest BCUT2D eigenvalue weighted by molar-refractivity contribution is 0.332. The summed E-state index contributed by atoms with van der Waals surface area (Å²) >= 11 is 1.90. The zero-order valence-corrected chi connectivity index (χ0v) is 44.5. The summed E-state index contributed by atoms with van der Waals surface area (Å²) in [5, 5.41) is 10.3. The number of rotatable bonds is 7. The molecule has 0 atom stereocenters. The molecule has 0 fully saturated rings. The summed E-state index contributed by atoms with van der Waals surface area (Å²) in [6, 6.07) is 58.0. The van der Waals surface area contributed by atoms with Gasteiger partial charge in [-0.2, -0.15) is 0 Å². The quantitative estimate of drug-likeness (QED) is 0.171. The van der Waals surface area contributed by atoms with E-state index in [1.165, 1.54) is 130 Å². The number of nitrogens with one attached hydrogen (secondary N) is 1. The summed E-state index contributed by atoms with van der Waals surface area (Å²) in [6.07, 6.45) is 4.73. The van der Waals surface area contributed by atoms with Crippen molar-refractivity contribution in [1.82, 2.24) is 0 Å². The maximum Gasteiger partial charge on any atom is 0.0647 e. The van der Waals surface area contributed by atoms with Crippen LogP contribution in [-0.4, -0.2) is 0 Å². The number of hydrogen-bond donors (Lipinski definition) is 1. The van der Waals surface area contributed by atoms with E-state index in [4.69, 9.17) is 0 Å². The van der Waals surface area contributed by atoms with Crippen LogP contribution >= 0.6 is 11.3 Å². The van der Waals surface area contributed by atoms with Crippen LogP contribution in [0.3, 0.4) is 0 Å². The van der Waals surface area contributed by atoms with Crippen LogP contribution in [0.25, 0.3) is 54.2 Å². The van der Waals surface area contributed by atoms with E-state index in [1.54, 1.807) is 0 Å². The van der Waals surface area contributed by atoms with Gasteiger partial charge >= 0.3 is 0 Å². The van der Waals surface area contributed by atoms with Gasteiger partial charge in [0.1, 0.15) is 0 Å². The molecule has 3 aliphatic carbocycles. The van der Waals surface area contributed by atoms with Crippen molar-refractivity contribution in [2.45, 2.75) is 129 Å². The van der Waals surface area contributed by atoms with Gasteiger partial charge in [0.15, 0.2) is 0 Å². The van der Waals surface area contributed by atoms with Gasteiger partial charge in [-0.25, -0.2) is 0 Å². The van der Waals surface area contributed by atoms with Crippen molar-refractivity contribution in [2.75, 3.05) is 10.2 Å². The maximum atomic E-state index is 4.03. The van der Waals surface area contributed by atoms with Crippen LogP contribution < -0.4 is 10.2 Å². The zero-order chi connectivity index (χ0) is 49.4. The first-order chi connectivity index (χ1) is 33.8. The SMILES string of the molecule is Cc1cc2c(cc1N(c1cc(-c3cc4c(cc3Nc3ccc(-c5ccccc5)cc3)C(C)(C)c3ccccc3-4)c3ccccc3c1)c1csc3cc4c(cc13)C(C)(C)CCC4(C)C)C(C)(C)CCC2(C)C. The van der Waals surface area contributed by atoms with E-state index in [0.717, 1.165) is 17.8 Å². The highest BCUT2D eigenvalue weighted by Crippen LogP contribution is 2.56. The number of fused-ring (bicyclic) bond motifs is 7. The Kier molecular flexibility index (Phi) is 10.3. The molecule has 3 aliphatic rings. The van der Waals surface area contributed by atoms with Gasteiger partial charge in [0.2, 0.25) is 0 Å². The minimum Gasteiger partial charge on any atom is -0.355 e. The monoisotopic (exact) mass is 945 g/mol. The van der Waals surface area contributed by atoms with E-state index in [1.807, 2.05) is 11.3 Å². The molecular weight excluding hydrogens is 877 g/mol. The summed E-state index contributed by atoms with van der Waals surface area (Å²) in [7, 11) is 0. The van der Waals surface area contributed by atoms with E-state index in [-0.39, 0.29) is 27.1 Å². The Bertz CT molecular complexity index is 3600. The van der Waals surface area contributed by atoms with Crippen molar-refractivity contribution in [1.29, 1.82) is 0 Å². The third-order valence-electron chi connectivity index (χ3n) is 17.6. The summed E-state index contributed by atoms with van der Waals surface area (Å²) in [4.78, 5) is 2.65. The van der Waals surface area contributed by atoms with Crippen LogP contribution in [0.4, 0.5) is 28.4 Å². The molecular formula is C68H68N2S. The summed E-state index contributed by atoms with van der Waals surface area (Å²) in [6.45, 7) is 26.8. The van der Waals surface area contributed by atoms with Crippen LogP contribution in [0.2, 0.25) is 0 Å². The third kappa shape index (κ3) is 7.39. The fourth-order valence-corrected chi connectivity index (χ4v) is 13.8. The van der Waals surface area contributed by atoms with Gasteiger partial charge < -0.3 is 10.2 Å². The van der Waals surface area contributed by atoms with Crippen LogP contribution in [0.5, 0.6) is 0 Å². The first-order valence-electron chi connectivity index (χ1n) is 26.1. The molecule has 2 nitrogen and oxygen atoms in total.